The van der Waals surface area contributed by atoms with E-state index in [9.17, 15) is 4.39 Å². The lowest BCUT2D eigenvalue weighted by molar-refractivity contribution is 0.287. The second-order valence-corrected chi connectivity index (χ2v) is 4.85. The number of benzene rings is 1. The molecule has 1 saturated heterocycles. The van der Waals surface area contributed by atoms with Crippen molar-refractivity contribution in [1.29, 1.82) is 0 Å². The van der Waals surface area contributed by atoms with Crippen molar-refractivity contribution < 1.29 is 13.9 Å². The second-order valence-electron chi connectivity index (χ2n) is 4.85. The Kier molecular flexibility index (Phi) is 5.20. The summed E-state index contributed by atoms with van der Waals surface area (Å²) in [5.74, 6) is 0.695. The fourth-order valence-corrected chi connectivity index (χ4v) is 2.34. The van der Waals surface area contributed by atoms with Gasteiger partial charge in [0, 0.05) is 24.2 Å². The highest BCUT2D eigenvalue weighted by Gasteiger charge is 2.25. The van der Waals surface area contributed by atoms with Crippen LogP contribution >= 0.6 is 0 Å². The van der Waals surface area contributed by atoms with Gasteiger partial charge in [-0.1, -0.05) is 6.92 Å². The lowest BCUT2D eigenvalue weighted by Crippen LogP contribution is -2.23. The topological polar surface area (TPSA) is 42.5 Å². The lowest BCUT2D eigenvalue weighted by atomic mass is 10.1. The molecular weight excluding hydrogens is 259 g/mol. The molecule has 1 aliphatic rings. The van der Waals surface area contributed by atoms with Crippen LogP contribution in [0.4, 0.5) is 4.39 Å². The Hall–Kier alpha value is -1.33. The standard InChI is InChI=1S/C15H23FN2O2/c1-4-8-20-14-10(3)12(19-5-2)9-11(13(14)16)15-17-6-7-18-15/h9,15,17-18H,4-8H2,1-3H3. The van der Waals surface area contributed by atoms with Crippen LogP contribution in [0.25, 0.3) is 0 Å². The zero-order valence-corrected chi connectivity index (χ0v) is 12.4. The summed E-state index contributed by atoms with van der Waals surface area (Å²) >= 11 is 0. The quantitative estimate of drug-likeness (QED) is 0.841. The summed E-state index contributed by atoms with van der Waals surface area (Å²) in [6, 6.07) is 1.77. The van der Waals surface area contributed by atoms with Gasteiger partial charge in [0.2, 0.25) is 0 Å². The molecule has 1 fully saturated rings. The first-order valence-electron chi connectivity index (χ1n) is 7.24. The molecule has 0 atom stereocenters. The van der Waals surface area contributed by atoms with Crippen LogP contribution in [0.1, 0.15) is 37.6 Å². The van der Waals surface area contributed by atoms with Crippen molar-refractivity contribution in [3.63, 3.8) is 0 Å². The van der Waals surface area contributed by atoms with Crippen molar-refractivity contribution in [3.8, 4) is 11.5 Å². The maximum Gasteiger partial charge on any atom is 0.171 e. The summed E-state index contributed by atoms with van der Waals surface area (Å²) < 4.78 is 25.9. The minimum atomic E-state index is -0.300. The average molecular weight is 282 g/mol. The van der Waals surface area contributed by atoms with Gasteiger partial charge in [-0.15, -0.1) is 0 Å². The van der Waals surface area contributed by atoms with Crippen LogP contribution in [-0.4, -0.2) is 26.3 Å². The summed E-state index contributed by atoms with van der Waals surface area (Å²) in [5.41, 5.74) is 1.28. The van der Waals surface area contributed by atoms with E-state index in [0.29, 0.717) is 30.3 Å². The molecule has 0 bridgehead atoms. The Morgan fingerprint density at radius 3 is 2.55 bits per heavy atom. The molecule has 1 aromatic rings. The molecular formula is C15H23FN2O2. The summed E-state index contributed by atoms with van der Waals surface area (Å²) in [7, 11) is 0. The van der Waals surface area contributed by atoms with Gasteiger partial charge in [0.15, 0.2) is 11.6 Å². The Morgan fingerprint density at radius 2 is 1.95 bits per heavy atom. The predicted molar refractivity (Wildman–Crippen MR) is 76.8 cm³/mol. The zero-order valence-electron chi connectivity index (χ0n) is 12.4. The molecule has 0 saturated carbocycles. The van der Waals surface area contributed by atoms with E-state index in [-0.39, 0.29) is 12.0 Å². The van der Waals surface area contributed by atoms with Gasteiger partial charge in [-0.25, -0.2) is 4.39 Å². The van der Waals surface area contributed by atoms with E-state index in [0.717, 1.165) is 25.1 Å². The van der Waals surface area contributed by atoms with E-state index in [1.165, 1.54) is 0 Å². The zero-order chi connectivity index (χ0) is 14.5. The van der Waals surface area contributed by atoms with Crippen LogP contribution in [0.5, 0.6) is 11.5 Å². The molecule has 5 heteroatoms. The maximum atomic E-state index is 14.7. The molecule has 2 N–H and O–H groups in total. The highest BCUT2D eigenvalue weighted by atomic mass is 19.1. The predicted octanol–water partition coefficient (Wildman–Crippen LogP) is 2.51. The fraction of sp³-hybridized carbons (Fsp3) is 0.600. The first-order chi connectivity index (χ1) is 9.69. The van der Waals surface area contributed by atoms with Gasteiger partial charge in [-0.2, -0.15) is 0 Å². The van der Waals surface area contributed by atoms with E-state index in [1.807, 2.05) is 20.8 Å². The van der Waals surface area contributed by atoms with Gasteiger partial charge in [0.1, 0.15) is 5.75 Å². The maximum absolute atomic E-state index is 14.7. The third kappa shape index (κ3) is 3.04. The Morgan fingerprint density at radius 1 is 1.25 bits per heavy atom. The highest BCUT2D eigenvalue weighted by molar-refractivity contribution is 5.49. The van der Waals surface area contributed by atoms with Gasteiger partial charge in [-0.3, -0.25) is 10.6 Å². The van der Waals surface area contributed by atoms with Crippen molar-refractivity contribution in [2.24, 2.45) is 0 Å². The SMILES string of the molecule is CCCOc1c(C)c(OCC)cc(C2NCCN2)c1F. The van der Waals surface area contributed by atoms with Crippen LogP contribution in [0.2, 0.25) is 0 Å². The third-order valence-electron chi connectivity index (χ3n) is 3.33. The monoisotopic (exact) mass is 282 g/mol. The Labute approximate surface area is 119 Å². The van der Waals surface area contributed by atoms with Crippen LogP contribution < -0.4 is 20.1 Å². The van der Waals surface area contributed by atoms with Crippen molar-refractivity contribution >= 4 is 0 Å². The van der Waals surface area contributed by atoms with Gasteiger partial charge in [0.05, 0.1) is 19.4 Å². The minimum Gasteiger partial charge on any atom is -0.493 e. The molecule has 0 spiro atoms. The van der Waals surface area contributed by atoms with Crippen LogP contribution in [-0.2, 0) is 0 Å². The summed E-state index contributed by atoms with van der Waals surface area (Å²) in [5, 5.41) is 6.45. The second kappa shape index (κ2) is 6.90. The molecule has 1 aliphatic heterocycles. The van der Waals surface area contributed by atoms with E-state index < -0.39 is 0 Å². The highest BCUT2D eigenvalue weighted by Crippen LogP contribution is 2.36. The Bertz CT molecular complexity index is 460. The number of halogens is 1. The Balaban J connectivity index is 2.41. The molecule has 0 amide bonds. The first-order valence-corrected chi connectivity index (χ1v) is 7.24. The summed E-state index contributed by atoms with van der Waals surface area (Å²) in [6.07, 6.45) is 0.659. The van der Waals surface area contributed by atoms with Crippen LogP contribution in [0.15, 0.2) is 6.07 Å². The number of hydrogen-bond acceptors (Lipinski definition) is 4. The molecule has 0 aromatic heterocycles. The van der Waals surface area contributed by atoms with Gasteiger partial charge >= 0.3 is 0 Å². The summed E-state index contributed by atoms with van der Waals surface area (Å²) in [4.78, 5) is 0. The van der Waals surface area contributed by atoms with Crippen molar-refractivity contribution in [1.82, 2.24) is 10.6 Å². The van der Waals surface area contributed by atoms with Crippen molar-refractivity contribution in [2.45, 2.75) is 33.4 Å². The van der Waals surface area contributed by atoms with E-state index in [2.05, 4.69) is 10.6 Å². The van der Waals surface area contributed by atoms with Crippen molar-refractivity contribution in [2.75, 3.05) is 26.3 Å². The van der Waals surface area contributed by atoms with E-state index >= 15 is 0 Å². The van der Waals surface area contributed by atoms with E-state index in [1.54, 1.807) is 6.07 Å². The number of ether oxygens (including phenoxy) is 2. The molecule has 1 heterocycles. The van der Waals surface area contributed by atoms with Gasteiger partial charge in [0.25, 0.3) is 0 Å². The largest absolute Gasteiger partial charge is 0.493 e. The molecule has 0 unspecified atom stereocenters. The van der Waals surface area contributed by atoms with E-state index in [4.69, 9.17) is 9.47 Å². The third-order valence-corrected chi connectivity index (χ3v) is 3.33. The normalized spacial score (nSPS) is 15.6. The van der Waals surface area contributed by atoms with Gasteiger partial charge < -0.3 is 9.47 Å². The number of rotatable bonds is 6. The molecule has 0 radical (unpaired) electrons. The minimum absolute atomic E-state index is 0.182. The van der Waals surface area contributed by atoms with Crippen LogP contribution in [0, 0.1) is 12.7 Å². The fourth-order valence-electron chi connectivity index (χ4n) is 2.34. The molecule has 4 nitrogen and oxygen atoms in total. The lowest BCUT2D eigenvalue weighted by Gasteiger charge is -2.20. The molecule has 1 aromatic carbocycles. The smallest absolute Gasteiger partial charge is 0.171 e. The number of hydrogen-bond donors (Lipinski definition) is 2. The van der Waals surface area contributed by atoms with Crippen LogP contribution in [0.3, 0.4) is 0 Å². The first kappa shape index (κ1) is 15.1. The molecule has 20 heavy (non-hydrogen) atoms. The average Bonchev–Trinajstić information content (AvgIpc) is 2.96. The molecule has 2 rings (SSSR count). The molecule has 0 aliphatic carbocycles. The molecule has 112 valence electrons. The number of nitrogens with one attached hydrogen (secondary N) is 2. The van der Waals surface area contributed by atoms with Crippen molar-refractivity contribution in [3.05, 3.63) is 23.0 Å². The van der Waals surface area contributed by atoms with Gasteiger partial charge in [-0.05, 0) is 26.3 Å². The summed E-state index contributed by atoms with van der Waals surface area (Å²) in [6.45, 7) is 8.45.